The molecular weight excluding hydrogens is 256 g/mol. The fourth-order valence-electron chi connectivity index (χ4n) is 3.69. The topological polar surface area (TPSA) is 42.0 Å². The van der Waals surface area contributed by atoms with E-state index in [1.807, 2.05) is 24.3 Å². The van der Waals surface area contributed by atoms with Crippen LogP contribution in [0.5, 0.6) is 0 Å². The van der Waals surface area contributed by atoms with E-state index in [4.69, 9.17) is 0 Å². The van der Waals surface area contributed by atoms with Crippen LogP contribution in [0.15, 0.2) is 24.3 Å². The van der Waals surface area contributed by atoms with Gasteiger partial charge in [0.1, 0.15) is 0 Å². The molecule has 1 aromatic carbocycles. The fourth-order valence-corrected chi connectivity index (χ4v) is 4.56. The zero-order valence-corrected chi connectivity index (χ0v) is 11.5. The highest BCUT2D eigenvalue weighted by Crippen LogP contribution is 2.48. The molecule has 2 aliphatic carbocycles. The number of anilines is 1. The summed E-state index contributed by atoms with van der Waals surface area (Å²) in [5, 5.41) is 3.77. The van der Waals surface area contributed by atoms with E-state index in [-0.39, 0.29) is 11.8 Å². The lowest BCUT2D eigenvalue weighted by Gasteiger charge is -2.19. The summed E-state index contributed by atoms with van der Waals surface area (Å²) < 4.78 is 1.13. The molecule has 0 radical (unpaired) electrons. The molecule has 3 nitrogen and oxygen atoms in total. The van der Waals surface area contributed by atoms with E-state index in [0.29, 0.717) is 5.92 Å². The Morgan fingerprint density at radius 2 is 2.16 bits per heavy atom. The van der Waals surface area contributed by atoms with Crippen LogP contribution in [-0.4, -0.2) is 10.9 Å². The molecule has 19 heavy (non-hydrogen) atoms. The van der Waals surface area contributed by atoms with E-state index in [0.717, 1.165) is 27.7 Å². The van der Waals surface area contributed by atoms with Crippen LogP contribution in [0.25, 0.3) is 10.2 Å². The molecule has 1 heterocycles. The molecule has 4 rings (SSSR count). The number of carbonyl (C=O) groups excluding carboxylic acids is 1. The van der Waals surface area contributed by atoms with Crippen molar-refractivity contribution in [3.63, 3.8) is 0 Å². The Bertz CT molecular complexity index is 603. The van der Waals surface area contributed by atoms with Gasteiger partial charge in [-0.1, -0.05) is 29.9 Å². The number of aromatic nitrogens is 1. The monoisotopic (exact) mass is 272 g/mol. The number of carbonyl (C=O) groups is 1. The first-order chi connectivity index (χ1) is 9.29. The second kappa shape index (κ2) is 4.30. The van der Waals surface area contributed by atoms with E-state index in [2.05, 4.69) is 10.3 Å². The number of amides is 1. The average Bonchev–Trinajstić information content (AvgIpc) is 3.12. The van der Waals surface area contributed by atoms with Crippen LogP contribution in [-0.2, 0) is 4.79 Å². The lowest BCUT2D eigenvalue weighted by molar-refractivity contribution is -0.121. The van der Waals surface area contributed by atoms with Gasteiger partial charge in [0.25, 0.3) is 0 Å². The summed E-state index contributed by atoms with van der Waals surface area (Å²) in [5.74, 6) is 1.84. The summed E-state index contributed by atoms with van der Waals surface area (Å²) in [7, 11) is 0. The van der Waals surface area contributed by atoms with Gasteiger partial charge < -0.3 is 5.32 Å². The van der Waals surface area contributed by atoms with Crippen LogP contribution in [0.1, 0.15) is 25.7 Å². The van der Waals surface area contributed by atoms with Crippen LogP contribution >= 0.6 is 11.3 Å². The van der Waals surface area contributed by atoms with Gasteiger partial charge in [-0.25, -0.2) is 4.98 Å². The quantitative estimate of drug-likeness (QED) is 0.906. The first-order valence-electron chi connectivity index (χ1n) is 6.96. The smallest absolute Gasteiger partial charge is 0.229 e. The molecule has 2 bridgehead atoms. The normalized spacial score (nSPS) is 28.9. The number of rotatable bonds is 2. The highest BCUT2D eigenvalue weighted by atomic mass is 32.1. The van der Waals surface area contributed by atoms with Crippen molar-refractivity contribution in [3.05, 3.63) is 24.3 Å². The minimum atomic E-state index is 0.186. The summed E-state index contributed by atoms with van der Waals surface area (Å²) in [6.07, 6.45) is 4.91. The maximum Gasteiger partial charge on any atom is 0.229 e. The van der Waals surface area contributed by atoms with Gasteiger partial charge in [-0.15, -0.1) is 0 Å². The van der Waals surface area contributed by atoms with Crippen molar-refractivity contribution in [1.29, 1.82) is 0 Å². The van der Waals surface area contributed by atoms with Gasteiger partial charge in [-0.2, -0.15) is 0 Å². The summed E-state index contributed by atoms with van der Waals surface area (Å²) in [6.45, 7) is 0. The number of nitrogens with zero attached hydrogens (tertiary/aromatic N) is 1. The highest BCUT2D eigenvalue weighted by Gasteiger charge is 2.43. The standard InChI is InChI=1S/C15H16N2OS/c18-14(11-8-9-5-6-10(11)7-9)17-15-16-12-3-1-2-4-13(12)19-15/h1-4,9-11H,5-8H2,(H,16,17,18)/t9-,10-,11-/m0/s1. The second-order valence-electron chi connectivity index (χ2n) is 5.76. The lowest BCUT2D eigenvalue weighted by Crippen LogP contribution is -2.27. The highest BCUT2D eigenvalue weighted by molar-refractivity contribution is 7.22. The van der Waals surface area contributed by atoms with Gasteiger partial charge in [0.2, 0.25) is 5.91 Å². The third-order valence-corrected chi connectivity index (χ3v) is 5.55. The molecule has 1 N–H and O–H groups in total. The number of thiazole rings is 1. The zero-order valence-electron chi connectivity index (χ0n) is 10.6. The number of benzene rings is 1. The molecule has 1 amide bonds. The summed E-state index contributed by atoms with van der Waals surface area (Å²) >= 11 is 1.56. The van der Waals surface area contributed by atoms with E-state index in [1.165, 1.54) is 19.3 Å². The summed E-state index contributed by atoms with van der Waals surface area (Å²) in [4.78, 5) is 16.8. The lowest BCUT2D eigenvalue weighted by atomic mass is 9.88. The van der Waals surface area contributed by atoms with Crippen LogP contribution in [0.4, 0.5) is 5.13 Å². The Morgan fingerprint density at radius 3 is 2.89 bits per heavy atom. The van der Waals surface area contributed by atoms with Gasteiger partial charge in [0.15, 0.2) is 5.13 Å². The van der Waals surface area contributed by atoms with E-state index in [1.54, 1.807) is 11.3 Å². The molecule has 0 spiro atoms. The van der Waals surface area contributed by atoms with Crippen LogP contribution in [0.2, 0.25) is 0 Å². The summed E-state index contributed by atoms with van der Waals surface area (Å²) in [6, 6.07) is 8.00. The number of hydrogen-bond donors (Lipinski definition) is 1. The van der Waals surface area contributed by atoms with Crippen molar-refractivity contribution in [3.8, 4) is 0 Å². The maximum absolute atomic E-state index is 12.3. The van der Waals surface area contributed by atoms with Gasteiger partial charge in [-0.3, -0.25) is 4.79 Å². The zero-order chi connectivity index (χ0) is 12.8. The van der Waals surface area contributed by atoms with Crippen molar-refractivity contribution < 1.29 is 4.79 Å². The Balaban J connectivity index is 1.53. The van der Waals surface area contributed by atoms with Gasteiger partial charge in [-0.05, 0) is 43.2 Å². The van der Waals surface area contributed by atoms with Crippen molar-refractivity contribution in [2.75, 3.05) is 5.32 Å². The predicted molar refractivity (Wildman–Crippen MR) is 77.2 cm³/mol. The molecule has 98 valence electrons. The fraction of sp³-hybridized carbons (Fsp3) is 0.467. The molecule has 0 aliphatic heterocycles. The second-order valence-corrected chi connectivity index (χ2v) is 6.79. The molecule has 3 atom stereocenters. The van der Waals surface area contributed by atoms with Crippen molar-refractivity contribution in [2.24, 2.45) is 17.8 Å². The van der Waals surface area contributed by atoms with Crippen molar-refractivity contribution in [1.82, 2.24) is 4.98 Å². The molecule has 0 unspecified atom stereocenters. The van der Waals surface area contributed by atoms with Gasteiger partial charge in [0, 0.05) is 5.92 Å². The Hall–Kier alpha value is -1.42. The molecule has 4 heteroatoms. The summed E-state index contributed by atoms with van der Waals surface area (Å²) in [5.41, 5.74) is 0.968. The van der Waals surface area contributed by atoms with E-state index < -0.39 is 0 Å². The number of nitrogens with one attached hydrogen (secondary N) is 1. The predicted octanol–water partition coefficient (Wildman–Crippen LogP) is 3.67. The third-order valence-electron chi connectivity index (χ3n) is 4.60. The van der Waals surface area contributed by atoms with Crippen LogP contribution in [0, 0.1) is 17.8 Å². The Labute approximate surface area is 116 Å². The molecule has 2 aromatic rings. The average molecular weight is 272 g/mol. The third kappa shape index (κ3) is 1.94. The molecule has 2 aliphatic rings. The van der Waals surface area contributed by atoms with Gasteiger partial charge in [0.05, 0.1) is 10.2 Å². The SMILES string of the molecule is O=C(Nc1nc2ccccc2s1)[C@H]1C[C@H]2CC[C@H]1C2. The number of fused-ring (bicyclic) bond motifs is 3. The van der Waals surface area contributed by atoms with Crippen LogP contribution in [0.3, 0.4) is 0 Å². The minimum absolute atomic E-state index is 0.186. The van der Waals surface area contributed by atoms with Crippen molar-refractivity contribution >= 4 is 32.6 Å². The minimum Gasteiger partial charge on any atom is -0.302 e. The van der Waals surface area contributed by atoms with E-state index >= 15 is 0 Å². The first-order valence-corrected chi connectivity index (χ1v) is 7.77. The number of para-hydroxylation sites is 1. The van der Waals surface area contributed by atoms with Crippen LogP contribution < -0.4 is 5.32 Å². The molecule has 2 saturated carbocycles. The Morgan fingerprint density at radius 1 is 1.26 bits per heavy atom. The maximum atomic E-state index is 12.3. The van der Waals surface area contributed by atoms with Gasteiger partial charge >= 0.3 is 0 Å². The molecule has 0 saturated heterocycles. The molecule has 2 fully saturated rings. The van der Waals surface area contributed by atoms with Crippen molar-refractivity contribution in [2.45, 2.75) is 25.7 Å². The Kier molecular flexibility index (Phi) is 2.58. The largest absolute Gasteiger partial charge is 0.302 e. The molecular formula is C15H16N2OS. The molecule has 1 aromatic heterocycles. The van der Waals surface area contributed by atoms with E-state index in [9.17, 15) is 4.79 Å². The first kappa shape index (κ1) is 11.4. The number of hydrogen-bond acceptors (Lipinski definition) is 3.